The lowest BCUT2D eigenvalue weighted by Gasteiger charge is -2.23. The van der Waals surface area contributed by atoms with Gasteiger partial charge in [-0.2, -0.15) is 0 Å². The third-order valence-electron chi connectivity index (χ3n) is 3.43. The van der Waals surface area contributed by atoms with Crippen LogP contribution in [0.4, 0.5) is 0 Å². The van der Waals surface area contributed by atoms with Crippen LogP contribution >= 0.6 is 0 Å². The first-order chi connectivity index (χ1) is 9.31. The lowest BCUT2D eigenvalue weighted by atomic mass is 9.87. The van der Waals surface area contributed by atoms with Gasteiger partial charge in [-0.15, -0.1) is 0 Å². The van der Waals surface area contributed by atoms with Crippen LogP contribution in [0.5, 0.6) is 0 Å². The second kappa shape index (κ2) is 9.34. The molecular formula is C14H26N2O4. The summed E-state index contributed by atoms with van der Waals surface area (Å²) in [6, 6.07) is 0. The van der Waals surface area contributed by atoms with E-state index in [0.717, 1.165) is 19.3 Å². The van der Waals surface area contributed by atoms with E-state index in [0.29, 0.717) is 19.4 Å². The highest BCUT2D eigenvalue weighted by Crippen LogP contribution is 2.19. The van der Waals surface area contributed by atoms with Crippen molar-refractivity contribution in [3.8, 4) is 0 Å². The van der Waals surface area contributed by atoms with Gasteiger partial charge >= 0.3 is 5.97 Å². The van der Waals surface area contributed by atoms with Crippen LogP contribution in [-0.2, 0) is 14.4 Å². The summed E-state index contributed by atoms with van der Waals surface area (Å²) in [4.78, 5) is 33.3. The molecule has 0 saturated carbocycles. The van der Waals surface area contributed by atoms with Gasteiger partial charge in [-0.25, -0.2) is 0 Å². The molecule has 0 aliphatic carbocycles. The van der Waals surface area contributed by atoms with Crippen LogP contribution in [0.3, 0.4) is 0 Å². The molecule has 0 rings (SSSR count). The Morgan fingerprint density at radius 1 is 1.10 bits per heavy atom. The molecule has 6 heteroatoms. The van der Waals surface area contributed by atoms with E-state index in [-0.39, 0.29) is 18.4 Å². The third kappa shape index (κ3) is 7.76. The molecule has 1 atom stereocenters. The molecule has 3 N–H and O–H groups in total. The molecule has 0 aliphatic rings. The van der Waals surface area contributed by atoms with E-state index in [1.54, 1.807) is 13.8 Å². The maximum absolute atomic E-state index is 11.6. The molecule has 20 heavy (non-hydrogen) atoms. The molecular weight excluding hydrogens is 260 g/mol. The zero-order chi connectivity index (χ0) is 15.6. The number of carboxylic acids is 1. The Balaban J connectivity index is 3.74. The molecule has 0 aromatic carbocycles. The summed E-state index contributed by atoms with van der Waals surface area (Å²) in [5, 5.41) is 14.4. The standard InChI is InChI=1S/C14H26N2O4/c1-4-14(3,13(19)20)10-16-12(18)8-6-5-7-9-15-11(2)17/h4-10H2,1-3H3,(H,15,17)(H,16,18)(H,19,20). The van der Waals surface area contributed by atoms with Crippen molar-refractivity contribution in [1.29, 1.82) is 0 Å². The molecule has 0 aromatic heterocycles. The van der Waals surface area contributed by atoms with E-state index in [2.05, 4.69) is 10.6 Å². The first kappa shape index (κ1) is 18.4. The van der Waals surface area contributed by atoms with Crippen LogP contribution in [0.2, 0.25) is 0 Å². The van der Waals surface area contributed by atoms with Gasteiger partial charge in [0.1, 0.15) is 0 Å². The average Bonchev–Trinajstić information content (AvgIpc) is 2.39. The zero-order valence-electron chi connectivity index (χ0n) is 12.6. The Labute approximate surface area is 120 Å². The summed E-state index contributed by atoms with van der Waals surface area (Å²) in [5.74, 6) is -1.06. The number of carboxylic acid groups (broad SMARTS) is 1. The normalized spacial score (nSPS) is 13.3. The lowest BCUT2D eigenvalue weighted by molar-refractivity contribution is -0.148. The number of unbranched alkanes of at least 4 members (excludes halogenated alkanes) is 2. The lowest BCUT2D eigenvalue weighted by Crippen LogP contribution is -2.40. The largest absolute Gasteiger partial charge is 0.481 e. The third-order valence-corrected chi connectivity index (χ3v) is 3.43. The Bertz CT molecular complexity index is 344. The minimum atomic E-state index is -0.902. The number of amides is 2. The van der Waals surface area contributed by atoms with Crippen molar-refractivity contribution in [3.05, 3.63) is 0 Å². The molecule has 0 spiro atoms. The molecule has 2 amide bonds. The average molecular weight is 286 g/mol. The van der Waals surface area contributed by atoms with Gasteiger partial charge in [-0.1, -0.05) is 13.3 Å². The number of hydrogen-bond acceptors (Lipinski definition) is 3. The Morgan fingerprint density at radius 2 is 1.75 bits per heavy atom. The van der Waals surface area contributed by atoms with Crippen LogP contribution in [-0.4, -0.2) is 36.0 Å². The second-order valence-corrected chi connectivity index (χ2v) is 5.29. The van der Waals surface area contributed by atoms with Crippen molar-refractivity contribution in [2.24, 2.45) is 5.41 Å². The SMILES string of the molecule is CCC(C)(CNC(=O)CCCCCNC(C)=O)C(=O)O. The van der Waals surface area contributed by atoms with Crippen LogP contribution in [0.1, 0.15) is 52.9 Å². The van der Waals surface area contributed by atoms with E-state index < -0.39 is 11.4 Å². The summed E-state index contributed by atoms with van der Waals surface area (Å²) in [6.45, 7) is 5.68. The second-order valence-electron chi connectivity index (χ2n) is 5.29. The van der Waals surface area contributed by atoms with Gasteiger partial charge in [0.25, 0.3) is 0 Å². The number of carbonyl (C=O) groups is 3. The molecule has 0 aliphatic heterocycles. The Morgan fingerprint density at radius 3 is 2.25 bits per heavy atom. The van der Waals surface area contributed by atoms with Gasteiger partial charge in [-0.05, 0) is 26.2 Å². The highest BCUT2D eigenvalue weighted by atomic mass is 16.4. The van der Waals surface area contributed by atoms with E-state index >= 15 is 0 Å². The molecule has 1 unspecified atom stereocenters. The van der Waals surface area contributed by atoms with Gasteiger partial charge in [0.2, 0.25) is 11.8 Å². The number of hydrogen-bond donors (Lipinski definition) is 3. The molecule has 0 bridgehead atoms. The highest BCUT2D eigenvalue weighted by Gasteiger charge is 2.31. The predicted octanol–water partition coefficient (Wildman–Crippen LogP) is 1.30. The maximum Gasteiger partial charge on any atom is 0.311 e. The fourth-order valence-corrected chi connectivity index (χ4v) is 1.59. The minimum Gasteiger partial charge on any atom is -0.481 e. The highest BCUT2D eigenvalue weighted by molar-refractivity contribution is 5.78. The van der Waals surface area contributed by atoms with E-state index in [4.69, 9.17) is 5.11 Å². The predicted molar refractivity (Wildman–Crippen MR) is 76.2 cm³/mol. The minimum absolute atomic E-state index is 0.0461. The fraction of sp³-hybridized carbons (Fsp3) is 0.786. The quantitative estimate of drug-likeness (QED) is 0.527. The monoisotopic (exact) mass is 286 g/mol. The smallest absolute Gasteiger partial charge is 0.311 e. The molecule has 0 aromatic rings. The maximum atomic E-state index is 11.6. The van der Waals surface area contributed by atoms with Crippen molar-refractivity contribution < 1.29 is 19.5 Å². The summed E-state index contributed by atoms with van der Waals surface area (Å²) < 4.78 is 0. The first-order valence-corrected chi connectivity index (χ1v) is 7.06. The Hall–Kier alpha value is -1.59. The molecule has 116 valence electrons. The van der Waals surface area contributed by atoms with Crippen LogP contribution in [0.15, 0.2) is 0 Å². The first-order valence-electron chi connectivity index (χ1n) is 7.06. The van der Waals surface area contributed by atoms with Crippen molar-refractivity contribution >= 4 is 17.8 Å². The van der Waals surface area contributed by atoms with Crippen LogP contribution in [0.25, 0.3) is 0 Å². The van der Waals surface area contributed by atoms with E-state index in [1.807, 2.05) is 0 Å². The van der Waals surface area contributed by atoms with Crippen LogP contribution < -0.4 is 10.6 Å². The van der Waals surface area contributed by atoms with Crippen LogP contribution in [0, 0.1) is 5.41 Å². The van der Waals surface area contributed by atoms with E-state index in [1.165, 1.54) is 6.92 Å². The molecule has 0 radical (unpaired) electrons. The summed E-state index contributed by atoms with van der Waals surface area (Å²) in [5.41, 5.74) is -0.902. The van der Waals surface area contributed by atoms with Gasteiger partial charge < -0.3 is 15.7 Å². The Kier molecular flexibility index (Phi) is 8.59. The van der Waals surface area contributed by atoms with E-state index in [9.17, 15) is 14.4 Å². The number of rotatable bonds is 10. The summed E-state index contributed by atoms with van der Waals surface area (Å²) in [6.07, 6.45) is 3.30. The van der Waals surface area contributed by atoms with Crippen molar-refractivity contribution in [1.82, 2.24) is 10.6 Å². The summed E-state index contributed by atoms with van der Waals surface area (Å²) in [7, 11) is 0. The van der Waals surface area contributed by atoms with Gasteiger partial charge in [0, 0.05) is 26.4 Å². The molecule has 0 fully saturated rings. The molecule has 6 nitrogen and oxygen atoms in total. The number of aliphatic carboxylic acids is 1. The number of nitrogens with one attached hydrogen (secondary N) is 2. The molecule has 0 saturated heterocycles. The van der Waals surface area contributed by atoms with Crippen molar-refractivity contribution in [2.75, 3.05) is 13.1 Å². The number of carbonyl (C=O) groups excluding carboxylic acids is 2. The van der Waals surface area contributed by atoms with Gasteiger partial charge in [0.05, 0.1) is 5.41 Å². The zero-order valence-corrected chi connectivity index (χ0v) is 12.6. The summed E-state index contributed by atoms with van der Waals surface area (Å²) >= 11 is 0. The van der Waals surface area contributed by atoms with Gasteiger partial charge in [0.15, 0.2) is 0 Å². The fourth-order valence-electron chi connectivity index (χ4n) is 1.59. The van der Waals surface area contributed by atoms with Gasteiger partial charge in [-0.3, -0.25) is 14.4 Å². The van der Waals surface area contributed by atoms with Crippen molar-refractivity contribution in [3.63, 3.8) is 0 Å². The molecule has 0 heterocycles. The topological polar surface area (TPSA) is 95.5 Å². The van der Waals surface area contributed by atoms with Crippen molar-refractivity contribution in [2.45, 2.75) is 52.9 Å².